The third kappa shape index (κ3) is 3.38. The normalized spacial score (nSPS) is 13.5. The highest BCUT2D eigenvalue weighted by Crippen LogP contribution is 2.29. The molecule has 4 heteroatoms. The number of aromatic nitrogens is 1. The fraction of sp³-hybridized carbons (Fsp3) is 0.160. The third-order valence-electron chi connectivity index (χ3n) is 5.15. The van der Waals surface area contributed by atoms with E-state index in [9.17, 15) is 9.59 Å². The summed E-state index contributed by atoms with van der Waals surface area (Å²) in [5.74, 6) is -0.334. The van der Waals surface area contributed by atoms with Gasteiger partial charge in [0.1, 0.15) is 0 Å². The van der Waals surface area contributed by atoms with Gasteiger partial charge in [0.15, 0.2) is 18.1 Å². The van der Waals surface area contributed by atoms with Gasteiger partial charge in [-0.1, -0.05) is 49.4 Å². The van der Waals surface area contributed by atoms with Gasteiger partial charge in [-0.15, -0.1) is 0 Å². The fourth-order valence-electron chi connectivity index (χ4n) is 3.85. The molecule has 1 N–H and O–H groups in total. The van der Waals surface area contributed by atoms with E-state index < -0.39 is 0 Å². The standard InChI is InChI=1S/C25H22N2O2/c1-4-18-9-5-8-12-21(18)26-22-23(27-14-16(2)13-17(3)15-27)25(29)20-11-7-6-10-19(20)24(22)28/h5-15H,4H2,1-3H3/p+1. The number of allylic oxidation sites excluding steroid dienone is 2. The van der Waals surface area contributed by atoms with Crippen molar-refractivity contribution in [3.63, 3.8) is 0 Å². The predicted octanol–water partition coefficient (Wildman–Crippen LogP) is 4.51. The molecule has 0 radical (unpaired) electrons. The molecular formula is C25H23N2O2+. The highest BCUT2D eigenvalue weighted by atomic mass is 16.1. The zero-order chi connectivity index (χ0) is 20.5. The molecule has 2 aromatic carbocycles. The minimum absolute atomic E-state index is 0.160. The van der Waals surface area contributed by atoms with Crippen LogP contribution < -0.4 is 9.88 Å². The van der Waals surface area contributed by atoms with Crippen LogP contribution in [0, 0.1) is 13.8 Å². The van der Waals surface area contributed by atoms with Gasteiger partial charge < -0.3 is 5.32 Å². The summed E-state index contributed by atoms with van der Waals surface area (Å²) >= 11 is 0. The summed E-state index contributed by atoms with van der Waals surface area (Å²) in [5.41, 5.74) is 5.50. The van der Waals surface area contributed by atoms with E-state index in [0.717, 1.165) is 28.8 Å². The number of fused-ring (bicyclic) bond motifs is 1. The quantitative estimate of drug-likeness (QED) is 0.674. The van der Waals surface area contributed by atoms with Crippen LogP contribution in [0.5, 0.6) is 0 Å². The molecule has 0 amide bonds. The molecule has 1 aromatic heterocycles. The van der Waals surface area contributed by atoms with Crippen LogP contribution in [0.2, 0.25) is 0 Å². The van der Waals surface area contributed by atoms with E-state index in [0.29, 0.717) is 22.5 Å². The molecule has 1 aliphatic rings. The fourth-order valence-corrected chi connectivity index (χ4v) is 3.85. The maximum Gasteiger partial charge on any atom is 0.286 e. The molecule has 4 nitrogen and oxygen atoms in total. The Labute approximate surface area is 170 Å². The van der Waals surface area contributed by atoms with Gasteiger partial charge in [-0.05, 0) is 38.0 Å². The van der Waals surface area contributed by atoms with Gasteiger partial charge in [0.05, 0.1) is 0 Å². The van der Waals surface area contributed by atoms with E-state index in [1.54, 1.807) is 28.8 Å². The molecule has 144 valence electrons. The number of para-hydroxylation sites is 1. The second kappa shape index (κ2) is 7.47. The zero-order valence-electron chi connectivity index (χ0n) is 16.8. The van der Waals surface area contributed by atoms with E-state index in [2.05, 4.69) is 12.2 Å². The lowest BCUT2D eigenvalue weighted by Crippen LogP contribution is -2.42. The number of rotatable bonds is 4. The summed E-state index contributed by atoms with van der Waals surface area (Å²) in [4.78, 5) is 26.9. The Bertz CT molecular complexity index is 1150. The van der Waals surface area contributed by atoms with Gasteiger partial charge in [-0.2, -0.15) is 4.57 Å². The molecule has 0 fully saturated rings. The minimum Gasteiger partial charge on any atom is -0.346 e. The first kappa shape index (κ1) is 18.8. The van der Waals surface area contributed by atoms with Gasteiger partial charge in [0, 0.05) is 27.9 Å². The SMILES string of the molecule is CCc1ccccc1NC1=C([n+]2cc(C)cc(C)c2)C(=O)c2ccccc2C1=O. The Balaban J connectivity index is 1.96. The minimum atomic E-state index is -0.173. The van der Waals surface area contributed by atoms with E-state index in [1.165, 1.54) is 0 Å². The molecule has 0 bridgehead atoms. The van der Waals surface area contributed by atoms with E-state index in [-0.39, 0.29) is 11.6 Å². The van der Waals surface area contributed by atoms with Crippen molar-refractivity contribution in [1.82, 2.24) is 0 Å². The average Bonchev–Trinajstić information content (AvgIpc) is 2.71. The van der Waals surface area contributed by atoms with Crippen LogP contribution in [0.25, 0.3) is 5.70 Å². The maximum absolute atomic E-state index is 13.5. The number of carbonyl (C=O) groups excluding carboxylic acids is 2. The van der Waals surface area contributed by atoms with Crippen molar-refractivity contribution in [2.45, 2.75) is 27.2 Å². The van der Waals surface area contributed by atoms with Crippen LogP contribution in [0.3, 0.4) is 0 Å². The molecule has 0 saturated carbocycles. The monoisotopic (exact) mass is 383 g/mol. The summed E-state index contributed by atoms with van der Waals surface area (Å²) in [6.45, 7) is 6.02. The van der Waals surface area contributed by atoms with Crippen molar-refractivity contribution >= 4 is 23.0 Å². The van der Waals surface area contributed by atoms with E-state index >= 15 is 0 Å². The first-order chi connectivity index (χ1) is 14.0. The first-order valence-electron chi connectivity index (χ1n) is 9.77. The molecule has 0 saturated heterocycles. The number of carbonyl (C=O) groups is 2. The zero-order valence-corrected chi connectivity index (χ0v) is 16.8. The first-order valence-corrected chi connectivity index (χ1v) is 9.77. The van der Waals surface area contributed by atoms with Crippen LogP contribution in [0.4, 0.5) is 5.69 Å². The average molecular weight is 383 g/mol. The topological polar surface area (TPSA) is 50.1 Å². The molecular weight excluding hydrogens is 360 g/mol. The smallest absolute Gasteiger partial charge is 0.286 e. The largest absolute Gasteiger partial charge is 0.346 e. The number of anilines is 1. The Hall–Kier alpha value is -3.53. The van der Waals surface area contributed by atoms with Gasteiger partial charge >= 0.3 is 0 Å². The number of ketones is 2. The van der Waals surface area contributed by atoms with Crippen molar-refractivity contribution < 1.29 is 14.2 Å². The van der Waals surface area contributed by atoms with Gasteiger partial charge in [-0.3, -0.25) is 9.59 Å². The van der Waals surface area contributed by atoms with Crippen molar-refractivity contribution in [3.8, 4) is 0 Å². The van der Waals surface area contributed by atoms with Crippen molar-refractivity contribution in [2.75, 3.05) is 5.32 Å². The summed E-state index contributed by atoms with van der Waals surface area (Å²) < 4.78 is 1.78. The number of nitrogens with one attached hydrogen (secondary N) is 1. The predicted molar refractivity (Wildman–Crippen MR) is 114 cm³/mol. The summed E-state index contributed by atoms with van der Waals surface area (Å²) in [6.07, 6.45) is 4.59. The lowest BCUT2D eigenvalue weighted by atomic mass is 9.89. The third-order valence-corrected chi connectivity index (χ3v) is 5.15. The maximum atomic E-state index is 13.5. The number of pyridine rings is 1. The number of Topliss-reactive ketones (excluding diaryl/α,β-unsaturated/α-hetero) is 2. The van der Waals surface area contributed by atoms with Crippen LogP contribution >= 0.6 is 0 Å². The molecule has 0 unspecified atom stereocenters. The van der Waals surface area contributed by atoms with Crippen molar-refractivity contribution in [1.29, 1.82) is 0 Å². The summed E-state index contributed by atoms with van der Waals surface area (Å²) in [5, 5.41) is 3.30. The molecule has 1 aliphatic carbocycles. The van der Waals surface area contributed by atoms with Gasteiger partial charge in [0.2, 0.25) is 5.78 Å². The van der Waals surface area contributed by atoms with Crippen LogP contribution in [-0.4, -0.2) is 11.6 Å². The highest BCUT2D eigenvalue weighted by Gasteiger charge is 2.38. The lowest BCUT2D eigenvalue weighted by molar-refractivity contribution is -0.578. The van der Waals surface area contributed by atoms with Crippen LogP contribution in [-0.2, 0) is 6.42 Å². The molecule has 0 atom stereocenters. The Morgan fingerprint density at radius 3 is 2.07 bits per heavy atom. The Kier molecular flexibility index (Phi) is 4.85. The number of hydrogen-bond donors (Lipinski definition) is 1. The Morgan fingerprint density at radius 1 is 0.828 bits per heavy atom. The summed E-state index contributed by atoms with van der Waals surface area (Å²) in [6, 6.07) is 16.9. The summed E-state index contributed by atoms with van der Waals surface area (Å²) in [7, 11) is 0. The van der Waals surface area contributed by atoms with Crippen LogP contribution in [0.15, 0.2) is 72.7 Å². The molecule has 1 heterocycles. The molecule has 4 rings (SSSR count). The lowest BCUT2D eigenvalue weighted by Gasteiger charge is -2.20. The highest BCUT2D eigenvalue weighted by molar-refractivity contribution is 6.36. The van der Waals surface area contributed by atoms with Gasteiger partial charge in [-0.25, -0.2) is 0 Å². The number of nitrogens with zero attached hydrogens (tertiary/aromatic N) is 1. The molecule has 3 aromatic rings. The van der Waals surface area contributed by atoms with E-state index in [1.807, 2.05) is 56.6 Å². The molecule has 0 aliphatic heterocycles. The Morgan fingerprint density at radius 2 is 1.41 bits per heavy atom. The molecule has 29 heavy (non-hydrogen) atoms. The van der Waals surface area contributed by atoms with Crippen molar-refractivity contribution in [3.05, 3.63) is 101 Å². The number of hydrogen-bond acceptors (Lipinski definition) is 3. The second-order valence-corrected chi connectivity index (χ2v) is 7.36. The molecule has 0 spiro atoms. The number of aryl methyl sites for hydroxylation is 3. The van der Waals surface area contributed by atoms with E-state index in [4.69, 9.17) is 0 Å². The number of benzene rings is 2. The second-order valence-electron chi connectivity index (χ2n) is 7.36. The van der Waals surface area contributed by atoms with Crippen LogP contribution in [0.1, 0.15) is 44.3 Å². The van der Waals surface area contributed by atoms with Crippen molar-refractivity contribution in [2.24, 2.45) is 0 Å². The van der Waals surface area contributed by atoms with Gasteiger partial charge in [0.25, 0.3) is 11.5 Å².